The largest absolute Gasteiger partial charge is 0.298 e. The Kier molecular flexibility index (Phi) is 1.88. The maximum atomic E-state index is 11.9. The molecule has 1 fully saturated rings. The lowest BCUT2D eigenvalue weighted by Gasteiger charge is -2.09. The van der Waals surface area contributed by atoms with Crippen LogP contribution < -0.4 is 0 Å². The maximum absolute atomic E-state index is 11.9. The molecule has 0 aromatic heterocycles. The summed E-state index contributed by atoms with van der Waals surface area (Å²) in [7, 11) is 0. The van der Waals surface area contributed by atoms with Crippen molar-refractivity contribution in [3.05, 3.63) is 33.3 Å². The summed E-state index contributed by atoms with van der Waals surface area (Å²) >= 11 is 3.60. The first kappa shape index (κ1) is 9.59. The van der Waals surface area contributed by atoms with E-state index in [1.54, 1.807) is 0 Å². The van der Waals surface area contributed by atoms with E-state index in [1.165, 1.54) is 21.2 Å². The van der Waals surface area contributed by atoms with Gasteiger partial charge in [-0.15, -0.1) is 0 Å². The molecule has 0 radical (unpaired) electrons. The Morgan fingerprint density at radius 1 is 1.40 bits per heavy atom. The first-order valence-corrected chi connectivity index (χ1v) is 6.32. The second-order valence-electron chi connectivity index (χ2n) is 4.64. The summed E-state index contributed by atoms with van der Waals surface area (Å²) in [6.07, 6.45) is 3.82. The Morgan fingerprint density at radius 2 is 2.13 bits per heavy atom. The van der Waals surface area contributed by atoms with E-state index >= 15 is 0 Å². The number of Topliss-reactive ketones (excluding diaryl/α,β-unsaturated/α-hetero) is 1. The fourth-order valence-electron chi connectivity index (χ4n) is 2.70. The Hall–Kier alpha value is -0.630. The third-order valence-electron chi connectivity index (χ3n) is 3.80. The maximum Gasteiger partial charge on any atom is 0.147 e. The minimum absolute atomic E-state index is 0.0515. The molecule has 1 saturated carbocycles. The van der Waals surface area contributed by atoms with Crippen LogP contribution in [0.3, 0.4) is 0 Å². The second kappa shape index (κ2) is 2.94. The molecule has 1 spiro atoms. The topological polar surface area (TPSA) is 17.1 Å². The molecule has 0 N–H and O–H groups in total. The van der Waals surface area contributed by atoms with Crippen molar-refractivity contribution in [2.45, 2.75) is 38.0 Å². The van der Waals surface area contributed by atoms with Crippen molar-refractivity contribution in [1.82, 2.24) is 0 Å². The highest BCUT2D eigenvalue weighted by Gasteiger charge is 2.55. The van der Waals surface area contributed by atoms with E-state index in [1.807, 2.05) is 0 Å². The van der Waals surface area contributed by atoms with Gasteiger partial charge >= 0.3 is 0 Å². The normalized spacial score (nSPS) is 20.8. The van der Waals surface area contributed by atoms with Gasteiger partial charge < -0.3 is 0 Å². The van der Waals surface area contributed by atoms with Gasteiger partial charge in [0.25, 0.3) is 0 Å². The SMILES string of the molecule is CCc1cc2c(cc1Br)C1(CC1)C(=O)C2. The van der Waals surface area contributed by atoms with E-state index in [0.29, 0.717) is 12.2 Å². The third kappa shape index (κ3) is 1.17. The smallest absolute Gasteiger partial charge is 0.147 e. The molecule has 78 valence electrons. The number of hydrogen-bond donors (Lipinski definition) is 0. The van der Waals surface area contributed by atoms with Gasteiger partial charge in [0.2, 0.25) is 0 Å². The van der Waals surface area contributed by atoms with Crippen molar-refractivity contribution < 1.29 is 4.79 Å². The summed E-state index contributed by atoms with van der Waals surface area (Å²) in [6.45, 7) is 2.15. The lowest BCUT2D eigenvalue weighted by molar-refractivity contribution is -0.119. The molecule has 2 aliphatic rings. The Morgan fingerprint density at radius 3 is 2.73 bits per heavy atom. The van der Waals surface area contributed by atoms with Crippen molar-refractivity contribution in [3.63, 3.8) is 0 Å². The Bertz CT molecular complexity index is 458. The molecule has 15 heavy (non-hydrogen) atoms. The van der Waals surface area contributed by atoms with Crippen LogP contribution in [0.1, 0.15) is 36.5 Å². The molecule has 0 bridgehead atoms. The van der Waals surface area contributed by atoms with Crippen LogP contribution in [0, 0.1) is 0 Å². The minimum atomic E-state index is -0.0515. The molecular formula is C13H13BrO. The van der Waals surface area contributed by atoms with Gasteiger partial charge in [0, 0.05) is 10.9 Å². The molecule has 3 rings (SSSR count). The summed E-state index contributed by atoms with van der Waals surface area (Å²) in [5.41, 5.74) is 3.85. The average Bonchev–Trinajstić information content (AvgIpc) is 2.96. The summed E-state index contributed by atoms with van der Waals surface area (Å²) in [5.74, 6) is 0.442. The highest BCUT2D eigenvalue weighted by Crippen LogP contribution is 2.55. The van der Waals surface area contributed by atoms with Gasteiger partial charge in [-0.05, 0) is 42.0 Å². The third-order valence-corrected chi connectivity index (χ3v) is 4.54. The lowest BCUT2D eigenvalue weighted by atomic mass is 9.96. The van der Waals surface area contributed by atoms with Crippen LogP contribution in [-0.4, -0.2) is 5.78 Å². The lowest BCUT2D eigenvalue weighted by Crippen LogP contribution is -2.13. The quantitative estimate of drug-likeness (QED) is 0.762. The molecule has 0 aliphatic heterocycles. The number of carbonyl (C=O) groups is 1. The fourth-order valence-corrected chi connectivity index (χ4v) is 3.32. The molecule has 1 aromatic rings. The van der Waals surface area contributed by atoms with Crippen LogP contribution in [0.2, 0.25) is 0 Å². The number of benzene rings is 1. The summed E-state index contributed by atoms with van der Waals surface area (Å²) in [4.78, 5) is 11.9. The predicted octanol–water partition coefficient (Wildman–Crippen LogP) is 3.17. The molecule has 0 saturated heterocycles. The van der Waals surface area contributed by atoms with E-state index < -0.39 is 0 Å². The fraction of sp³-hybridized carbons (Fsp3) is 0.462. The Balaban J connectivity index is 2.18. The standard InChI is InChI=1S/C13H13BrO/c1-2-8-5-9-6-12(15)13(3-4-13)10(9)7-11(8)14/h5,7H,2-4,6H2,1H3. The first-order valence-electron chi connectivity index (χ1n) is 5.52. The highest BCUT2D eigenvalue weighted by molar-refractivity contribution is 9.10. The van der Waals surface area contributed by atoms with E-state index in [2.05, 4.69) is 35.0 Å². The number of hydrogen-bond acceptors (Lipinski definition) is 1. The van der Waals surface area contributed by atoms with Gasteiger partial charge in [0.05, 0.1) is 5.41 Å². The Labute approximate surface area is 98.0 Å². The minimum Gasteiger partial charge on any atom is -0.298 e. The zero-order valence-electron chi connectivity index (χ0n) is 8.77. The van der Waals surface area contributed by atoms with E-state index in [0.717, 1.165) is 19.3 Å². The number of fused-ring (bicyclic) bond motifs is 2. The molecule has 2 heteroatoms. The monoisotopic (exact) mass is 264 g/mol. The molecule has 2 aliphatic carbocycles. The van der Waals surface area contributed by atoms with Gasteiger partial charge in [0.1, 0.15) is 5.78 Å². The molecule has 0 atom stereocenters. The molecule has 0 unspecified atom stereocenters. The van der Waals surface area contributed by atoms with Crippen molar-refractivity contribution >= 4 is 21.7 Å². The molecule has 1 aromatic carbocycles. The van der Waals surface area contributed by atoms with Crippen molar-refractivity contribution in [2.24, 2.45) is 0 Å². The van der Waals surface area contributed by atoms with Gasteiger partial charge in [-0.3, -0.25) is 4.79 Å². The van der Waals surface area contributed by atoms with Gasteiger partial charge in [-0.25, -0.2) is 0 Å². The van der Waals surface area contributed by atoms with Gasteiger partial charge in [-0.2, -0.15) is 0 Å². The van der Waals surface area contributed by atoms with Crippen LogP contribution >= 0.6 is 15.9 Å². The predicted molar refractivity (Wildman–Crippen MR) is 63.1 cm³/mol. The molecule has 1 nitrogen and oxygen atoms in total. The second-order valence-corrected chi connectivity index (χ2v) is 5.49. The number of halogens is 1. The zero-order chi connectivity index (χ0) is 10.6. The van der Waals surface area contributed by atoms with Crippen LogP contribution in [-0.2, 0) is 23.1 Å². The van der Waals surface area contributed by atoms with E-state index in [4.69, 9.17) is 0 Å². The number of ketones is 1. The molecule has 0 amide bonds. The van der Waals surface area contributed by atoms with Crippen LogP contribution in [0.15, 0.2) is 16.6 Å². The van der Waals surface area contributed by atoms with Crippen LogP contribution in [0.5, 0.6) is 0 Å². The number of rotatable bonds is 1. The van der Waals surface area contributed by atoms with Crippen LogP contribution in [0.25, 0.3) is 0 Å². The summed E-state index contributed by atoms with van der Waals surface area (Å²) in [6, 6.07) is 4.40. The van der Waals surface area contributed by atoms with Crippen molar-refractivity contribution in [3.8, 4) is 0 Å². The average molecular weight is 265 g/mol. The number of carbonyl (C=O) groups excluding carboxylic acids is 1. The summed E-state index contributed by atoms with van der Waals surface area (Å²) < 4.78 is 1.17. The number of aryl methyl sites for hydroxylation is 1. The van der Waals surface area contributed by atoms with Crippen LogP contribution in [0.4, 0.5) is 0 Å². The highest BCUT2D eigenvalue weighted by atomic mass is 79.9. The van der Waals surface area contributed by atoms with Crippen molar-refractivity contribution in [2.75, 3.05) is 0 Å². The zero-order valence-corrected chi connectivity index (χ0v) is 10.4. The van der Waals surface area contributed by atoms with Crippen molar-refractivity contribution in [1.29, 1.82) is 0 Å². The van der Waals surface area contributed by atoms with E-state index in [9.17, 15) is 4.79 Å². The first-order chi connectivity index (χ1) is 7.17. The molecular weight excluding hydrogens is 252 g/mol. The summed E-state index contributed by atoms with van der Waals surface area (Å²) in [5, 5.41) is 0. The van der Waals surface area contributed by atoms with E-state index in [-0.39, 0.29) is 5.41 Å². The molecule has 0 heterocycles. The van der Waals surface area contributed by atoms with Gasteiger partial charge in [-0.1, -0.05) is 28.9 Å². The van der Waals surface area contributed by atoms with Gasteiger partial charge in [0.15, 0.2) is 0 Å².